The lowest BCUT2D eigenvalue weighted by atomic mass is 10.1. The molecule has 2 unspecified atom stereocenters. The summed E-state index contributed by atoms with van der Waals surface area (Å²) in [5.41, 5.74) is 2.56. The molecule has 3 rings (SSSR count). The number of nitrogens with one attached hydrogen (secondary N) is 2. The Labute approximate surface area is 187 Å². The summed E-state index contributed by atoms with van der Waals surface area (Å²) in [5.74, 6) is -0.0156. The molecule has 2 aliphatic heterocycles. The van der Waals surface area contributed by atoms with Crippen LogP contribution in [0.15, 0.2) is 36.0 Å². The summed E-state index contributed by atoms with van der Waals surface area (Å²) >= 11 is 0. The summed E-state index contributed by atoms with van der Waals surface area (Å²) in [7, 11) is 1.78. The van der Waals surface area contributed by atoms with Crippen molar-refractivity contribution in [3.05, 3.63) is 36.0 Å². The highest BCUT2D eigenvalue weighted by atomic mass is 16.5. The van der Waals surface area contributed by atoms with Gasteiger partial charge in [-0.1, -0.05) is 31.7 Å². The first-order valence-electron chi connectivity index (χ1n) is 11.9. The van der Waals surface area contributed by atoms with Gasteiger partial charge in [0.05, 0.1) is 24.8 Å². The van der Waals surface area contributed by atoms with Gasteiger partial charge < -0.3 is 20.3 Å². The third kappa shape index (κ3) is 5.47. The number of rotatable bonds is 9. The Morgan fingerprint density at radius 1 is 1.26 bits per heavy atom. The number of carbonyl (C=O) groups excluding carboxylic acids is 2. The van der Waals surface area contributed by atoms with Gasteiger partial charge in [0.15, 0.2) is 0 Å². The number of nitrogens with zero attached hydrogens (tertiary/aromatic N) is 1. The SMILES string of the molecule is C=CC1=C(/C=C/C)CC(OC[C@@H]2CC[C@@H]3CCC[C@H](NC(=O)C(CC)NC)C(=O)N32)C1. The lowest BCUT2D eigenvalue weighted by Gasteiger charge is -2.32. The molecule has 0 radical (unpaired) electrons. The van der Waals surface area contributed by atoms with Gasteiger partial charge in [-0.05, 0) is 76.5 Å². The molecule has 0 aromatic rings. The lowest BCUT2D eigenvalue weighted by molar-refractivity contribution is -0.140. The zero-order valence-corrected chi connectivity index (χ0v) is 19.4. The predicted molar refractivity (Wildman–Crippen MR) is 124 cm³/mol. The zero-order chi connectivity index (χ0) is 22.4. The molecule has 3 aliphatic rings. The fraction of sp³-hybridized carbons (Fsp3) is 0.680. The summed E-state index contributed by atoms with van der Waals surface area (Å²) in [4.78, 5) is 28.0. The first kappa shape index (κ1) is 23.7. The maximum Gasteiger partial charge on any atom is 0.245 e. The van der Waals surface area contributed by atoms with E-state index in [1.165, 1.54) is 11.1 Å². The fourth-order valence-corrected chi connectivity index (χ4v) is 5.34. The normalized spacial score (nSPS) is 29.9. The van der Waals surface area contributed by atoms with E-state index >= 15 is 0 Å². The van der Waals surface area contributed by atoms with Crippen molar-refractivity contribution in [3.8, 4) is 0 Å². The van der Waals surface area contributed by atoms with E-state index in [4.69, 9.17) is 4.74 Å². The Morgan fingerprint density at radius 2 is 2.03 bits per heavy atom. The van der Waals surface area contributed by atoms with E-state index in [0.717, 1.165) is 38.5 Å². The molecule has 2 N–H and O–H groups in total. The number of hydrogen-bond donors (Lipinski definition) is 2. The highest BCUT2D eigenvalue weighted by molar-refractivity contribution is 5.90. The number of fused-ring (bicyclic) bond motifs is 1. The highest BCUT2D eigenvalue weighted by Crippen LogP contribution is 2.34. The maximum atomic E-state index is 13.4. The molecule has 6 nitrogen and oxygen atoms in total. The Kier molecular flexibility index (Phi) is 8.50. The van der Waals surface area contributed by atoms with Crippen LogP contribution in [0.1, 0.15) is 65.2 Å². The van der Waals surface area contributed by atoms with Gasteiger partial charge in [0, 0.05) is 6.04 Å². The van der Waals surface area contributed by atoms with Gasteiger partial charge in [-0.15, -0.1) is 0 Å². The van der Waals surface area contributed by atoms with Crippen molar-refractivity contribution in [2.45, 2.75) is 95.5 Å². The minimum absolute atomic E-state index is 0.0684. The summed E-state index contributed by atoms with van der Waals surface area (Å²) in [5, 5.41) is 6.04. The Morgan fingerprint density at radius 3 is 2.71 bits per heavy atom. The number of ether oxygens (including phenoxy) is 1. The van der Waals surface area contributed by atoms with Crippen LogP contribution in [-0.4, -0.2) is 60.6 Å². The van der Waals surface area contributed by atoms with E-state index < -0.39 is 6.04 Å². The third-order valence-electron chi connectivity index (χ3n) is 7.04. The van der Waals surface area contributed by atoms with E-state index in [1.807, 2.05) is 24.8 Å². The van der Waals surface area contributed by atoms with Crippen LogP contribution < -0.4 is 10.6 Å². The van der Waals surface area contributed by atoms with Gasteiger partial charge in [0.25, 0.3) is 0 Å². The molecule has 2 amide bonds. The molecule has 5 atom stereocenters. The van der Waals surface area contributed by atoms with Crippen molar-refractivity contribution in [3.63, 3.8) is 0 Å². The van der Waals surface area contributed by atoms with Gasteiger partial charge in [0.2, 0.25) is 11.8 Å². The van der Waals surface area contributed by atoms with Crippen LogP contribution >= 0.6 is 0 Å². The molecule has 2 fully saturated rings. The molecule has 6 heteroatoms. The second-order valence-electron chi connectivity index (χ2n) is 8.99. The van der Waals surface area contributed by atoms with Gasteiger partial charge in [-0.2, -0.15) is 0 Å². The third-order valence-corrected chi connectivity index (χ3v) is 7.04. The fourth-order valence-electron chi connectivity index (χ4n) is 5.34. The highest BCUT2D eigenvalue weighted by Gasteiger charge is 2.42. The molecule has 172 valence electrons. The van der Waals surface area contributed by atoms with Crippen molar-refractivity contribution in [2.24, 2.45) is 0 Å². The standard InChI is InChI=1S/C25H39N3O3/c1-5-9-18-15-21(14-17(18)6-2)31-16-20-13-12-19-10-8-11-23(25(30)28(19)20)27-24(29)22(7-3)26-4/h5-6,9,19-23,26H,2,7-8,10-16H2,1,3-4H3,(H,27,29)/b9-5+/t19-,20-,21?,22?,23-/m0/s1. The molecular weight excluding hydrogens is 390 g/mol. The van der Waals surface area contributed by atoms with Crippen LogP contribution in [0, 0.1) is 0 Å². The summed E-state index contributed by atoms with van der Waals surface area (Å²) in [6, 6.07) is -0.315. The predicted octanol–water partition coefficient (Wildman–Crippen LogP) is 3.25. The average Bonchev–Trinajstić information content (AvgIpc) is 3.31. The number of amides is 2. The van der Waals surface area contributed by atoms with Crippen LogP contribution in [0.4, 0.5) is 0 Å². The van der Waals surface area contributed by atoms with Crippen LogP contribution in [0.2, 0.25) is 0 Å². The first-order chi connectivity index (χ1) is 15.0. The Bertz CT molecular complexity index is 726. The molecule has 0 aromatic heterocycles. The van der Waals surface area contributed by atoms with E-state index in [9.17, 15) is 9.59 Å². The topological polar surface area (TPSA) is 70.7 Å². The van der Waals surface area contributed by atoms with E-state index in [2.05, 4.69) is 29.4 Å². The van der Waals surface area contributed by atoms with Gasteiger partial charge in [0.1, 0.15) is 6.04 Å². The van der Waals surface area contributed by atoms with Gasteiger partial charge in [-0.25, -0.2) is 0 Å². The lowest BCUT2D eigenvalue weighted by Crippen LogP contribution is -2.54. The monoisotopic (exact) mass is 429 g/mol. The van der Waals surface area contributed by atoms with Crippen LogP contribution in [0.3, 0.4) is 0 Å². The molecule has 0 spiro atoms. The van der Waals surface area contributed by atoms with Crippen LogP contribution in [0.5, 0.6) is 0 Å². The van der Waals surface area contributed by atoms with Crippen LogP contribution in [0.25, 0.3) is 0 Å². The largest absolute Gasteiger partial charge is 0.375 e. The first-order valence-corrected chi connectivity index (χ1v) is 11.9. The Hall–Kier alpha value is -1.92. The smallest absolute Gasteiger partial charge is 0.245 e. The van der Waals surface area contributed by atoms with E-state index in [0.29, 0.717) is 19.4 Å². The number of likely N-dealkylation sites (N-methyl/N-ethyl adjacent to an activating group) is 1. The molecule has 0 aromatic carbocycles. The van der Waals surface area contributed by atoms with Crippen molar-refractivity contribution in [1.29, 1.82) is 0 Å². The molecule has 2 saturated heterocycles. The number of hydrogen-bond acceptors (Lipinski definition) is 4. The molecule has 0 saturated carbocycles. The van der Waals surface area contributed by atoms with Crippen molar-refractivity contribution < 1.29 is 14.3 Å². The Balaban J connectivity index is 1.60. The number of allylic oxidation sites excluding steroid dienone is 3. The molecule has 0 bridgehead atoms. The summed E-state index contributed by atoms with van der Waals surface area (Å²) in [6.45, 7) is 8.50. The second-order valence-corrected chi connectivity index (χ2v) is 8.99. The van der Waals surface area contributed by atoms with E-state index in [-0.39, 0.29) is 36.0 Å². The second kappa shape index (κ2) is 11.1. The molecule has 31 heavy (non-hydrogen) atoms. The van der Waals surface area contributed by atoms with Crippen molar-refractivity contribution in [2.75, 3.05) is 13.7 Å². The molecule has 2 heterocycles. The van der Waals surface area contributed by atoms with Crippen molar-refractivity contribution in [1.82, 2.24) is 15.5 Å². The minimum Gasteiger partial charge on any atom is -0.375 e. The quantitative estimate of drug-likeness (QED) is 0.590. The maximum absolute atomic E-state index is 13.4. The van der Waals surface area contributed by atoms with Crippen LogP contribution in [-0.2, 0) is 14.3 Å². The molecule has 1 aliphatic carbocycles. The summed E-state index contributed by atoms with van der Waals surface area (Å²) < 4.78 is 6.31. The van der Waals surface area contributed by atoms with Crippen molar-refractivity contribution >= 4 is 11.8 Å². The number of carbonyl (C=O) groups is 2. The average molecular weight is 430 g/mol. The molecular formula is C25H39N3O3. The van der Waals surface area contributed by atoms with Gasteiger partial charge >= 0.3 is 0 Å². The van der Waals surface area contributed by atoms with Gasteiger partial charge in [-0.3, -0.25) is 9.59 Å². The summed E-state index contributed by atoms with van der Waals surface area (Å²) in [6.07, 6.45) is 13.5. The zero-order valence-electron chi connectivity index (χ0n) is 19.4. The minimum atomic E-state index is -0.428. The van der Waals surface area contributed by atoms with E-state index in [1.54, 1.807) is 7.05 Å².